The molecule has 3 aliphatic heterocycles. The number of hydrogen-bond donors (Lipinski definition) is 0. The van der Waals surface area contributed by atoms with E-state index in [9.17, 15) is 9.59 Å². The summed E-state index contributed by atoms with van der Waals surface area (Å²) >= 11 is 0. The van der Waals surface area contributed by atoms with E-state index >= 15 is 0 Å². The fourth-order valence-corrected chi connectivity index (χ4v) is 5.51. The third kappa shape index (κ3) is 1.87. The van der Waals surface area contributed by atoms with Crippen molar-refractivity contribution in [2.75, 3.05) is 6.54 Å². The maximum absolute atomic E-state index is 12.4. The first kappa shape index (κ1) is 13.4. The molecule has 4 fully saturated rings. The van der Waals surface area contributed by atoms with E-state index in [2.05, 4.69) is 11.5 Å². The van der Waals surface area contributed by atoms with Gasteiger partial charge in [-0.3, -0.25) is 9.59 Å². The molecule has 4 aliphatic rings. The largest absolute Gasteiger partial charge is 0.462 e. The minimum atomic E-state index is -0.0681. The third-order valence-electron chi connectivity index (χ3n) is 6.21. The van der Waals surface area contributed by atoms with Crippen LogP contribution in [0.3, 0.4) is 0 Å². The Morgan fingerprint density at radius 3 is 2.86 bits per heavy atom. The Hall–Kier alpha value is -1.32. The Kier molecular flexibility index (Phi) is 3.09. The number of esters is 1. The van der Waals surface area contributed by atoms with E-state index in [1.807, 2.05) is 6.08 Å². The zero-order valence-electron chi connectivity index (χ0n) is 12.4. The molecule has 0 aromatic rings. The predicted molar refractivity (Wildman–Crippen MR) is 77.2 cm³/mol. The highest BCUT2D eigenvalue weighted by atomic mass is 16.6. The number of amides is 1. The van der Waals surface area contributed by atoms with Crippen molar-refractivity contribution in [2.24, 2.45) is 23.7 Å². The lowest BCUT2D eigenvalue weighted by atomic mass is 9.62. The van der Waals surface area contributed by atoms with Gasteiger partial charge >= 0.3 is 5.97 Å². The summed E-state index contributed by atoms with van der Waals surface area (Å²) in [5.74, 6) is 1.64. The maximum atomic E-state index is 12.4. The molecular formula is C17H23NO3. The van der Waals surface area contributed by atoms with Crippen molar-refractivity contribution in [3.8, 4) is 0 Å². The number of fused-ring (bicyclic) bond motifs is 2. The molecule has 114 valence electrons. The Bertz CT molecular complexity index is 480. The van der Waals surface area contributed by atoms with Crippen LogP contribution in [0.4, 0.5) is 0 Å². The standard InChI is InChI=1S/C17H23NO3/c1-2-5-11-10-6-3-4-7-18-14(19)8-12(16(10)18)13-9-15(20)21-17(11)13/h2,10-13,16-17H,1,3-9H2/t10-,11-,12-,13-,16-,17+/m1/s1. The van der Waals surface area contributed by atoms with Gasteiger partial charge in [0.15, 0.2) is 0 Å². The molecule has 4 rings (SSSR count). The highest BCUT2D eigenvalue weighted by molar-refractivity contribution is 5.80. The van der Waals surface area contributed by atoms with Gasteiger partial charge in [-0.1, -0.05) is 12.5 Å². The summed E-state index contributed by atoms with van der Waals surface area (Å²) in [5.41, 5.74) is 0. The molecule has 0 bridgehead atoms. The first-order valence-corrected chi connectivity index (χ1v) is 8.30. The summed E-state index contributed by atoms with van der Waals surface area (Å²) in [6.07, 6.45) is 7.45. The second kappa shape index (κ2) is 4.85. The molecule has 3 saturated heterocycles. The van der Waals surface area contributed by atoms with Gasteiger partial charge in [0.25, 0.3) is 0 Å². The van der Waals surface area contributed by atoms with Crippen LogP contribution in [0.1, 0.15) is 38.5 Å². The third-order valence-corrected chi connectivity index (χ3v) is 6.21. The average Bonchev–Trinajstić information content (AvgIpc) is 2.89. The number of carbonyl (C=O) groups is 2. The number of ether oxygens (including phenoxy) is 1. The first-order valence-electron chi connectivity index (χ1n) is 8.30. The van der Waals surface area contributed by atoms with Crippen molar-refractivity contribution >= 4 is 11.9 Å². The van der Waals surface area contributed by atoms with Gasteiger partial charge in [0.05, 0.1) is 6.42 Å². The molecule has 4 heteroatoms. The smallest absolute Gasteiger partial charge is 0.306 e. The fraction of sp³-hybridized carbons (Fsp3) is 0.765. The van der Waals surface area contributed by atoms with Crippen LogP contribution in [0.5, 0.6) is 0 Å². The van der Waals surface area contributed by atoms with E-state index in [0.717, 1.165) is 25.8 Å². The Balaban J connectivity index is 1.75. The summed E-state index contributed by atoms with van der Waals surface area (Å²) in [7, 11) is 0. The minimum Gasteiger partial charge on any atom is -0.462 e. The molecule has 6 atom stereocenters. The molecule has 4 nitrogen and oxygen atoms in total. The second-order valence-electron chi connectivity index (χ2n) is 7.12. The molecule has 1 amide bonds. The summed E-state index contributed by atoms with van der Waals surface area (Å²) in [5, 5.41) is 0. The fourth-order valence-electron chi connectivity index (χ4n) is 5.51. The molecule has 0 radical (unpaired) electrons. The van der Waals surface area contributed by atoms with Gasteiger partial charge in [0.1, 0.15) is 6.10 Å². The van der Waals surface area contributed by atoms with Crippen LogP contribution in [0, 0.1) is 23.7 Å². The molecule has 0 unspecified atom stereocenters. The van der Waals surface area contributed by atoms with E-state index in [-0.39, 0.29) is 18.0 Å². The molecule has 3 heterocycles. The van der Waals surface area contributed by atoms with Crippen LogP contribution >= 0.6 is 0 Å². The zero-order chi connectivity index (χ0) is 14.6. The van der Waals surface area contributed by atoms with E-state index in [1.165, 1.54) is 6.42 Å². The van der Waals surface area contributed by atoms with Crippen LogP contribution in [-0.4, -0.2) is 35.5 Å². The van der Waals surface area contributed by atoms with Gasteiger partial charge in [0.2, 0.25) is 5.91 Å². The quantitative estimate of drug-likeness (QED) is 0.578. The van der Waals surface area contributed by atoms with Crippen LogP contribution in [-0.2, 0) is 14.3 Å². The average molecular weight is 289 g/mol. The van der Waals surface area contributed by atoms with Gasteiger partial charge in [-0.25, -0.2) is 0 Å². The van der Waals surface area contributed by atoms with Crippen LogP contribution in [0.2, 0.25) is 0 Å². The Morgan fingerprint density at radius 1 is 1.19 bits per heavy atom. The van der Waals surface area contributed by atoms with Crippen molar-refractivity contribution < 1.29 is 14.3 Å². The van der Waals surface area contributed by atoms with Crippen molar-refractivity contribution in [3.63, 3.8) is 0 Å². The summed E-state index contributed by atoms with van der Waals surface area (Å²) in [4.78, 5) is 26.4. The predicted octanol–water partition coefficient (Wildman–Crippen LogP) is 2.14. The maximum Gasteiger partial charge on any atom is 0.306 e. The topological polar surface area (TPSA) is 46.6 Å². The summed E-state index contributed by atoms with van der Waals surface area (Å²) in [6, 6.07) is 0.348. The van der Waals surface area contributed by atoms with E-state index < -0.39 is 0 Å². The molecule has 1 aliphatic carbocycles. The molecule has 1 saturated carbocycles. The second-order valence-corrected chi connectivity index (χ2v) is 7.12. The van der Waals surface area contributed by atoms with Gasteiger partial charge in [-0.15, -0.1) is 6.58 Å². The van der Waals surface area contributed by atoms with Crippen molar-refractivity contribution in [1.29, 1.82) is 0 Å². The number of hydrogen-bond acceptors (Lipinski definition) is 3. The van der Waals surface area contributed by atoms with Crippen molar-refractivity contribution in [2.45, 2.75) is 50.7 Å². The lowest BCUT2D eigenvalue weighted by Crippen LogP contribution is -2.53. The zero-order valence-corrected chi connectivity index (χ0v) is 12.4. The normalized spacial score (nSPS) is 44.9. The molecule has 0 spiro atoms. The van der Waals surface area contributed by atoms with Crippen LogP contribution in [0.25, 0.3) is 0 Å². The lowest BCUT2D eigenvalue weighted by Gasteiger charge is -2.47. The monoisotopic (exact) mass is 289 g/mol. The van der Waals surface area contributed by atoms with Gasteiger partial charge < -0.3 is 9.64 Å². The molecule has 21 heavy (non-hydrogen) atoms. The van der Waals surface area contributed by atoms with Crippen molar-refractivity contribution in [1.82, 2.24) is 4.90 Å². The van der Waals surface area contributed by atoms with Crippen LogP contribution < -0.4 is 0 Å². The Labute approximate surface area is 125 Å². The number of carbonyl (C=O) groups excluding carboxylic acids is 2. The highest BCUT2D eigenvalue weighted by Crippen LogP contribution is 2.54. The lowest BCUT2D eigenvalue weighted by molar-refractivity contribution is -0.147. The molecule has 0 aromatic carbocycles. The Morgan fingerprint density at radius 2 is 2.05 bits per heavy atom. The SMILES string of the molecule is C=CC[C@@H]1[C@H]2CCCCN3C(=O)C[C@H]([C@H]4CC(=O)O[C@@H]14)[C@@H]23. The van der Waals surface area contributed by atoms with Crippen molar-refractivity contribution in [3.05, 3.63) is 12.7 Å². The van der Waals surface area contributed by atoms with Gasteiger partial charge in [0, 0.05) is 30.8 Å². The van der Waals surface area contributed by atoms with E-state index in [0.29, 0.717) is 42.5 Å². The van der Waals surface area contributed by atoms with E-state index in [4.69, 9.17) is 4.74 Å². The van der Waals surface area contributed by atoms with Gasteiger partial charge in [-0.05, 0) is 31.1 Å². The summed E-state index contributed by atoms with van der Waals surface area (Å²) in [6.45, 7) is 4.80. The van der Waals surface area contributed by atoms with E-state index in [1.54, 1.807) is 0 Å². The number of rotatable bonds is 2. The number of allylic oxidation sites excluding steroid dienone is 1. The molecular weight excluding hydrogens is 266 g/mol. The number of nitrogens with zero attached hydrogens (tertiary/aromatic N) is 1. The minimum absolute atomic E-state index is 0.0209. The molecule has 0 N–H and O–H groups in total. The first-order chi connectivity index (χ1) is 10.2. The summed E-state index contributed by atoms with van der Waals surface area (Å²) < 4.78 is 5.69. The van der Waals surface area contributed by atoms with Gasteiger partial charge in [-0.2, -0.15) is 0 Å². The highest BCUT2D eigenvalue weighted by Gasteiger charge is 2.60. The molecule has 0 aromatic heterocycles. The van der Waals surface area contributed by atoms with Crippen LogP contribution in [0.15, 0.2) is 12.7 Å².